The van der Waals surface area contributed by atoms with Crippen molar-refractivity contribution in [2.45, 2.75) is 13.0 Å². The molecule has 128 valence electrons. The standard InChI is InChI=1S/C19H24N2O3/c1-15(19(22)20-17-11-7-8-12-18(17)23-3)21(2)13-14-24-16-9-5-4-6-10-16/h4-12,15H,13-14H2,1-3H3,(H,20,22)/t15-/m1/s1. The number of hydrogen-bond donors (Lipinski definition) is 1. The number of benzene rings is 2. The van der Waals surface area contributed by atoms with Crippen LogP contribution in [0.3, 0.4) is 0 Å². The third-order valence-corrected chi connectivity index (χ3v) is 3.86. The van der Waals surface area contributed by atoms with Crippen molar-refractivity contribution in [3.8, 4) is 11.5 Å². The number of nitrogens with zero attached hydrogens (tertiary/aromatic N) is 1. The average molecular weight is 328 g/mol. The van der Waals surface area contributed by atoms with E-state index < -0.39 is 0 Å². The highest BCUT2D eigenvalue weighted by molar-refractivity contribution is 5.95. The van der Waals surface area contributed by atoms with Gasteiger partial charge in [-0.15, -0.1) is 0 Å². The van der Waals surface area contributed by atoms with E-state index in [4.69, 9.17) is 9.47 Å². The Balaban J connectivity index is 1.83. The lowest BCUT2D eigenvalue weighted by atomic mass is 10.2. The summed E-state index contributed by atoms with van der Waals surface area (Å²) in [6.07, 6.45) is 0. The third-order valence-electron chi connectivity index (χ3n) is 3.86. The summed E-state index contributed by atoms with van der Waals surface area (Å²) in [6, 6.07) is 16.7. The van der Waals surface area contributed by atoms with Gasteiger partial charge in [0.2, 0.25) is 5.91 Å². The molecular formula is C19H24N2O3. The molecule has 24 heavy (non-hydrogen) atoms. The summed E-state index contributed by atoms with van der Waals surface area (Å²) in [7, 11) is 3.49. The Labute approximate surface area is 143 Å². The number of anilines is 1. The van der Waals surface area contributed by atoms with Crippen LogP contribution in [0.1, 0.15) is 6.92 Å². The molecule has 0 spiro atoms. The van der Waals surface area contributed by atoms with Crippen LogP contribution in [-0.4, -0.2) is 44.2 Å². The first-order valence-electron chi connectivity index (χ1n) is 7.93. The van der Waals surface area contributed by atoms with Crippen LogP contribution in [0.5, 0.6) is 11.5 Å². The van der Waals surface area contributed by atoms with Crippen molar-refractivity contribution in [3.05, 3.63) is 54.6 Å². The van der Waals surface area contributed by atoms with Crippen molar-refractivity contribution >= 4 is 11.6 Å². The Bertz CT molecular complexity index is 646. The minimum Gasteiger partial charge on any atom is -0.495 e. The van der Waals surface area contributed by atoms with Gasteiger partial charge in [0.05, 0.1) is 18.8 Å². The van der Waals surface area contributed by atoms with Crippen LogP contribution in [0.25, 0.3) is 0 Å². The predicted octanol–water partition coefficient (Wildman–Crippen LogP) is 3.03. The number of para-hydroxylation sites is 3. The van der Waals surface area contributed by atoms with Crippen LogP contribution in [0.4, 0.5) is 5.69 Å². The van der Waals surface area contributed by atoms with E-state index in [0.29, 0.717) is 24.6 Å². The van der Waals surface area contributed by atoms with Crippen LogP contribution >= 0.6 is 0 Å². The Hall–Kier alpha value is -2.53. The fraction of sp³-hybridized carbons (Fsp3) is 0.316. The van der Waals surface area contributed by atoms with Gasteiger partial charge in [-0.3, -0.25) is 9.69 Å². The van der Waals surface area contributed by atoms with Gasteiger partial charge in [-0.05, 0) is 38.2 Å². The molecule has 5 heteroatoms. The summed E-state index contributed by atoms with van der Waals surface area (Å²) < 4.78 is 10.9. The van der Waals surface area contributed by atoms with Crippen molar-refractivity contribution in [1.82, 2.24) is 4.90 Å². The predicted molar refractivity (Wildman–Crippen MR) is 95.7 cm³/mol. The Morgan fingerprint density at radius 2 is 1.79 bits per heavy atom. The summed E-state index contributed by atoms with van der Waals surface area (Å²) in [5.74, 6) is 1.40. The number of carbonyl (C=O) groups is 1. The molecule has 0 saturated carbocycles. The van der Waals surface area contributed by atoms with Crippen LogP contribution in [-0.2, 0) is 4.79 Å². The molecule has 2 rings (SSSR count). The molecule has 0 aromatic heterocycles. The van der Waals surface area contributed by atoms with Crippen molar-refractivity contribution in [2.24, 2.45) is 0 Å². The fourth-order valence-electron chi connectivity index (χ4n) is 2.20. The highest BCUT2D eigenvalue weighted by Crippen LogP contribution is 2.23. The summed E-state index contributed by atoms with van der Waals surface area (Å²) in [5, 5.41) is 2.90. The van der Waals surface area contributed by atoms with E-state index in [-0.39, 0.29) is 11.9 Å². The quantitative estimate of drug-likeness (QED) is 0.809. The SMILES string of the molecule is COc1ccccc1NC(=O)[C@@H](C)N(C)CCOc1ccccc1. The van der Waals surface area contributed by atoms with Gasteiger partial charge >= 0.3 is 0 Å². The monoisotopic (exact) mass is 328 g/mol. The van der Waals surface area contributed by atoms with Crippen LogP contribution < -0.4 is 14.8 Å². The highest BCUT2D eigenvalue weighted by atomic mass is 16.5. The second kappa shape index (κ2) is 8.93. The molecule has 0 aliphatic carbocycles. The van der Waals surface area contributed by atoms with Gasteiger partial charge in [-0.25, -0.2) is 0 Å². The molecule has 0 heterocycles. The summed E-state index contributed by atoms with van der Waals surface area (Å²) in [6.45, 7) is 3.04. The van der Waals surface area contributed by atoms with Gasteiger partial charge in [0.15, 0.2) is 0 Å². The zero-order chi connectivity index (χ0) is 17.4. The Morgan fingerprint density at radius 1 is 1.12 bits per heavy atom. The van der Waals surface area contributed by atoms with Gasteiger partial charge in [-0.2, -0.15) is 0 Å². The molecule has 0 radical (unpaired) electrons. The van der Waals surface area contributed by atoms with E-state index in [1.54, 1.807) is 7.11 Å². The molecule has 0 aliphatic heterocycles. The van der Waals surface area contributed by atoms with Crippen molar-refractivity contribution < 1.29 is 14.3 Å². The van der Waals surface area contributed by atoms with Crippen LogP contribution in [0.2, 0.25) is 0 Å². The molecule has 1 amide bonds. The molecule has 0 saturated heterocycles. The van der Waals surface area contributed by atoms with Gasteiger partial charge in [0.25, 0.3) is 0 Å². The maximum atomic E-state index is 12.4. The number of rotatable bonds is 8. The Kier molecular flexibility index (Phi) is 6.63. The fourth-order valence-corrected chi connectivity index (χ4v) is 2.20. The molecule has 2 aromatic rings. The normalized spacial score (nSPS) is 11.8. The van der Waals surface area contributed by atoms with E-state index in [9.17, 15) is 4.79 Å². The number of nitrogens with one attached hydrogen (secondary N) is 1. The molecule has 1 N–H and O–H groups in total. The molecule has 0 fully saturated rings. The highest BCUT2D eigenvalue weighted by Gasteiger charge is 2.19. The van der Waals surface area contributed by atoms with Crippen LogP contribution in [0, 0.1) is 0 Å². The topological polar surface area (TPSA) is 50.8 Å². The summed E-state index contributed by atoms with van der Waals surface area (Å²) in [4.78, 5) is 14.4. The number of likely N-dealkylation sites (N-methyl/N-ethyl adjacent to an activating group) is 1. The van der Waals surface area contributed by atoms with Crippen molar-refractivity contribution in [1.29, 1.82) is 0 Å². The average Bonchev–Trinajstić information content (AvgIpc) is 2.62. The summed E-state index contributed by atoms with van der Waals surface area (Å²) in [5.41, 5.74) is 0.672. The van der Waals surface area contributed by atoms with Gasteiger partial charge < -0.3 is 14.8 Å². The van der Waals surface area contributed by atoms with E-state index >= 15 is 0 Å². The van der Waals surface area contributed by atoms with Crippen LogP contribution in [0.15, 0.2) is 54.6 Å². The van der Waals surface area contributed by atoms with Gasteiger partial charge in [0, 0.05) is 6.54 Å². The lowest BCUT2D eigenvalue weighted by Gasteiger charge is -2.24. The molecule has 5 nitrogen and oxygen atoms in total. The molecular weight excluding hydrogens is 304 g/mol. The number of ether oxygens (including phenoxy) is 2. The molecule has 1 atom stereocenters. The van der Waals surface area contributed by atoms with E-state index in [1.165, 1.54) is 0 Å². The Morgan fingerprint density at radius 3 is 2.50 bits per heavy atom. The second-order valence-electron chi connectivity index (χ2n) is 5.51. The number of methoxy groups -OCH3 is 1. The van der Waals surface area contributed by atoms with E-state index in [2.05, 4.69) is 5.32 Å². The molecule has 0 bridgehead atoms. The lowest BCUT2D eigenvalue weighted by molar-refractivity contribution is -0.120. The summed E-state index contributed by atoms with van der Waals surface area (Å²) >= 11 is 0. The number of amides is 1. The van der Waals surface area contributed by atoms with E-state index in [1.807, 2.05) is 73.5 Å². The zero-order valence-corrected chi connectivity index (χ0v) is 14.4. The first kappa shape index (κ1) is 17.8. The smallest absolute Gasteiger partial charge is 0.241 e. The molecule has 0 aliphatic rings. The minimum absolute atomic E-state index is 0.0817. The largest absolute Gasteiger partial charge is 0.495 e. The van der Waals surface area contributed by atoms with E-state index in [0.717, 1.165) is 5.75 Å². The minimum atomic E-state index is -0.283. The van der Waals surface area contributed by atoms with Crippen molar-refractivity contribution in [3.63, 3.8) is 0 Å². The molecule has 0 unspecified atom stereocenters. The first-order valence-corrected chi connectivity index (χ1v) is 7.93. The maximum absolute atomic E-state index is 12.4. The maximum Gasteiger partial charge on any atom is 0.241 e. The number of hydrogen-bond acceptors (Lipinski definition) is 4. The number of carbonyl (C=O) groups excluding carboxylic acids is 1. The molecule has 2 aromatic carbocycles. The van der Waals surface area contributed by atoms with Gasteiger partial charge in [-0.1, -0.05) is 30.3 Å². The third kappa shape index (κ3) is 4.99. The first-order chi connectivity index (χ1) is 11.6. The van der Waals surface area contributed by atoms with Gasteiger partial charge in [0.1, 0.15) is 18.1 Å². The zero-order valence-electron chi connectivity index (χ0n) is 14.4. The lowest BCUT2D eigenvalue weighted by Crippen LogP contribution is -2.41. The van der Waals surface area contributed by atoms with Crippen molar-refractivity contribution in [2.75, 3.05) is 32.6 Å². The second-order valence-corrected chi connectivity index (χ2v) is 5.51.